The maximum absolute atomic E-state index is 12.5. The number of aryl methyl sites for hydroxylation is 1. The molecule has 2 aromatic rings. The molecule has 0 heterocycles. The van der Waals surface area contributed by atoms with Crippen LogP contribution < -0.4 is 19.1 Å². The van der Waals surface area contributed by atoms with Crippen molar-refractivity contribution in [1.29, 1.82) is 0 Å². The molecule has 0 saturated carbocycles. The van der Waals surface area contributed by atoms with Crippen molar-refractivity contribution in [1.82, 2.24) is 5.32 Å². The van der Waals surface area contributed by atoms with Crippen LogP contribution in [0.1, 0.15) is 19.4 Å². The van der Waals surface area contributed by atoms with Crippen molar-refractivity contribution in [2.75, 3.05) is 30.3 Å². The van der Waals surface area contributed by atoms with E-state index in [1.165, 1.54) is 0 Å². The van der Waals surface area contributed by atoms with Gasteiger partial charge in [0.2, 0.25) is 15.9 Å². The van der Waals surface area contributed by atoms with Gasteiger partial charge in [-0.25, -0.2) is 8.42 Å². The molecular weight excluding hydrogens is 392 g/mol. The largest absolute Gasteiger partial charge is 0.494 e. The minimum Gasteiger partial charge on any atom is -0.494 e. The van der Waals surface area contributed by atoms with Crippen LogP contribution in [0.2, 0.25) is 0 Å². The van der Waals surface area contributed by atoms with E-state index in [4.69, 9.17) is 9.47 Å². The van der Waals surface area contributed by atoms with Gasteiger partial charge in [0.25, 0.3) is 0 Å². The number of sulfonamides is 1. The van der Waals surface area contributed by atoms with Gasteiger partial charge in [0, 0.05) is 0 Å². The normalized spacial score (nSPS) is 12.1. The Hall–Kier alpha value is -2.74. The molecule has 8 heteroatoms. The summed E-state index contributed by atoms with van der Waals surface area (Å²) in [6, 6.07) is 13.3. The summed E-state index contributed by atoms with van der Waals surface area (Å²) < 4.78 is 36.7. The Kier molecular flexibility index (Phi) is 7.90. The highest BCUT2D eigenvalue weighted by molar-refractivity contribution is 7.92. The average Bonchev–Trinajstić information content (AvgIpc) is 2.67. The number of hydrogen-bond acceptors (Lipinski definition) is 5. The number of ether oxygens (including phenoxy) is 2. The molecule has 1 unspecified atom stereocenters. The summed E-state index contributed by atoms with van der Waals surface area (Å²) in [6.07, 6.45) is 1.08. The van der Waals surface area contributed by atoms with Crippen LogP contribution in [0.15, 0.2) is 48.5 Å². The molecule has 2 rings (SSSR count). The molecule has 0 radical (unpaired) electrons. The molecule has 1 atom stereocenters. The van der Waals surface area contributed by atoms with Crippen LogP contribution in [-0.4, -0.2) is 46.4 Å². The lowest BCUT2D eigenvalue weighted by Crippen LogP contribution is -2.48. The Balaban J connectivity index is 1.98. The van der Waals surface area contributed by atoms with E-state index in [1.54, 1.807) is 31.2 Å². The number of carbonyl (C=O) groups is 1. The van der Waals surface area contributed by atoms with Crippen molar-refractivity contribution in [2.45, 2.75) is 26.8 Å². The molecule has 7 nitrogen and oxygen atoms in total. The SMILES string of the molecule is CCOc1ccc(N(C(C)C(=O)NCCOc2ccc(C)cc2)S(C)(=O)=O)cc1. The van der Waals surface area contributed by atoms with E-state index in [2.05, 4.69) is 5.32 Å². The van der Waals surface area contributed by atoms with Crippen LogP contribution in [0.25, 0.3) is 0 Å². The first-order chi connectivity index (χ1) is 13.7. The maximum atomic E-state index is 12.5. The molecule has 0 spiro atoms. The summed E-state index contributed by atoms with van der Waals surface area (Å²) in [7, 11) is -3.66. The smallest absolute Gasteiger partial charge is 0.243 e. The standard InChI is InChI=1S/C21H28N2O5S/c1-5-27-19-12-8-18(9-13-19)23(29(4,25)26)17(3)21(24)22-14-15-28-20-10-6-16(2)7-11-20/h6-13,17H,5,14-15H2,1-4H3,(H,22,24). The fourth-order valence-corrected chi connectivity index (χ4v) is 3.96. The van der Waals surface area contributed by atoms with Gasteiger partial charge >= 0.3 is 0 Å². The molecule has 0 aliphatic heterocycles. The topological polar surface area (TPSA) is 84.9 Å². The Morgan fingerprint density at radius 3 is 2.14 bits per heavy atom. The maximum Gasteiger partial charge on any atom is 0.243 e. The van der Waals surface area contributed by atoms with Crippen LogP contribution in [-0.2, 0) is 14.8 Å². The van der Waals surface area contributed by atoms with Crippen molar-refractivity contribution >= 4 is 21.6 Å². The van der Waals surface area contributed by atoms with E-state index in [0.717, 1.165) is 16.1 Å². The molecule has 0 aliphatic carbocycles. The highest BCUT2D eigenvalue weighted by Gasteiger charge is 2.28. The fraction of sp³-hybridized carbons (Fsp3) is 0.381. The van der Waals surface area contributed by atoms with E-state index in [0.29, 0.717) is 23.8 Å². The van der Waals surface area contributed by atoms with E-state index >= 15 is 0 Å². The molecular formula is C21H28N2O5S. The van der Waals surface area contributed by atoms with Crippen molar-refractivity contribution in [2.24, 2.45) is 0 Å². The number of rotatable bonds is 10. The molecule has 0 aromatic heterocycles. The number of nitrogens with one attached hydrogen (secondary N) is 1. The van der Waals surface area contributed by atoms with Crippen LogP contribution in [0.5, 0.6) is 11.5 Å². The third-order valence-electron chi connectivity index (χ3n) is 4.18. The summed E-state index contributed by atoms with van der Waals surface area (Å²) in [5, 5.41) is 2.72. The van der Waals surface area contributed by atoms with E-state index in [1.807, 2.05) is 38.1 Å². The molecule has 158 valence electrons. The summed E-state index contributed by atoms with van der Waals surface area (Å²) >= 11 is 0. The zero-order valence-corrected chi connectivity index (χ0v) is 18.0. The number of hydrogen-bond donors (Lipinski definition) is 1. The van der Waals surface area contributed by atoms with E-state index < -0.39 is 22.0 Å². The van der Waals surface area contributed by atoms with Crippen LogP contribution in [0, 0.1) is 6.92 Å². The quantitative estimate of drug-likeness (QED) is 0.598. The Morgan fingerprint density at radius 1 is 1.03 bits per heavy atom. The van der Waals surface area contributed by atoms with Crippen molar-refractivity contribution in [3.05, 3.63) is 54.1 Å². The van der Waals surface area contributed by atoms with Gasteiger partial charge < -0.3 is 14.8 Å². The minimum atomic E-state index is -3.66. The Morgan fingerprint density at radius 2 is 1.59 bits per heavy atom. The third-order valence-corrected chi connectivity index (χ3v) is 5.42. The van der Waals surface area contributed by atoms with Gasteiger partial charge in [0.15, 0.2) is 0 Å². The van der Waals surface area contributed by atoms with Gasteiger partial charge in [-0.15, -0.1) is 0 Å². The second kappa shape index (κ2) is 10.2. The number of carbonyl (C=O) groups excluding carboxylic acids is 1. The molecule has 0 fully saturated rings. The van der Waals surface area contributed by atoms with E-state index in [9.17, 15) is 13.2 Å². The molecule has 2 aromatic carbocycles. The lowest BCUT2D eigenvalue weighted by atomic mass is 10.2. The molecule has 0 bridgehead atoms. The zero-order valence-electron chi connectivity index (χ0n) is 17.2. The van der Waals surface area contributed by atoms with Gasteiger partial charge in [-0.2, -0.15) is 0 Å². The molecule has 0 aliphatic rings. The number of benzene rings is 2. The van der Waals surface area contributed by atoms with Gasteiger partial charge in [0.05, 0.1) is 25.1 Å². The highest BCUT2D eigenvalue weighted by atomic mass is 32.2. The van der Waals surface area contributed by atoms with Gasteiger partial charge in [-0.1, -0.05) is 17.7 Å². The average molecular weight is 421 g/mol. The second-order valence-electron chi connectivity index (χ2n) is 6.61. The number of amides is 1. The summed E-state index contributed by atoms with van der Waals surface area (Å²) in [5.41, 5.74) is 1.53. The van der Waals surface area contributed by atoms with Crippen LogP contribution >= 0.6 is 0 Å². The van der Waals surface area contributed by atoms with Gasteiger partial charge in [-0.3, -0.25) is 9.10 Å². The number of anilines is 1. The molecule has 1 N–H and O–H groups in total. The van der Waals surface area contributed by atoms with Crippen molar-refractivity contribution in [3.63, 3.8) is 0 Å². The first-order valence-corrected chi connectivity index (χ1v) is 11.3. The monoisotopic (exact) mass is 420 g/mol. The Labute approximate surface area is 172 Å². The molecule has 0 saturated heterocycles. The summed E-state index contributed by atoms with van der Waals surface area (Å²) in [6.45, 7) is 6.46. The molecule has 1 amide bonds. The van der Waals surface area contributed by atoms with E-state index in [-0.39, 0.29) is 13.2 Å². The molecule has 29 heavy (non-hydrogen) atoms. The van der Waals surface area contributed by atoms with Gasteiger partial charge in [-0.05, 0) is 57.2 Å². The summed E-state index contributed by atoms with van der Waals surface area (Å²) in [5.74, 6) is 0.942. The Bertz CT molecular complexity index is 896. The minimum absolute atomic E-state index is 0.262. The van der Waals surface area contributed by atoms with Crippen molar-refractivity contribution in [3.8, 4) is 11.5 Å². The first-order valence-electron chi connectivity index (χ1n) is 9.42. The predicted octanol–water partition coefficient (Wildman–Crippen LogP) is 2.74. The zero-order chi connectivity index (χ0) is 21.4. The van der Waals surface area contributed by atoms with Crippen molar-refractivity contribution < 1.29 is 22.7 Å². The first kappa shape index (κ1) is 22.5. The summed E-state index contributed by atoms with van der Waals surface area (Å²) in [4.78, 5) is 12.5. The third kappa shape index (κ3) is 6.67. The van der Waals surface area contributed by atoms with Crippen LogP contribution in [0.4, 0.5) is 5.69 Å². The van der Waals surface area contributed by atoms with Gasteiger partial charge in [0.1, 0.15) is 24.1 Å². The van der Waals surface area contributed by atoms with Crippen LogP contribution in [0.3, 0.4) is 0 Å². The fourth-order valence-electron chi connectivity index (χ4n) is 2.79. The lowest BCUT2D eigenvalue weighted by molar-refractivity contribution is -0.121. The lowest BCUT2D eigenvalue weighted by Gasteiger charge is -2.28. The predicted molar refractivity (Wildman–Crippen MR) is 114 cm³/mol. The number of nitrogens with zero attached hydrogens (tertiary/aromatic N) is 1. The second-order valence-corrected chi connectivity index (χ2v) is 8.47. The highest BCUT2D eigenvalue weighted by Crippen LogP contribution is 2.24.